The van der Waals surface area contributed by atoms with Crippen LogP contribution in [0.3, 0.4) is 0 Å². The lowest BCUT2D eigenvalue weighted by Gasteiger charge is -2.22. The molecule has 0 fully saturated rings. The van der Waals surface area contributed by atoms with E-state index in [1.54, 1.807) is 0 Å². The molecule has 3 amide bonds. The van der Waals surface area contributed by atoms with Gasteiger partial charge >= 0.3 is 17.9 Å². The monoisotopic (exact) mass is 434 g/mol. The van der Waals surface area contributed by atoms with Gasteiger partial charge in [-0.2, -0.15) is 0 Å². The molecule has 0 aromatic carbocycles. The topological polar surface area (TPSA) is 245 Å². The molecule has 0 aliphatic heterocycles. The van der Waals surface area contributed by atoms with Crippen molar-refractivity contribution in [2.45, 2.75) is 56.8 Å². The Balaban J connectivity index is 4.90. The van der Waals surface area contributed by atoms with E-state index in [1.807, 2.05) is 5.32 Å². The van der Waals surface area contributed by atoms with Crippen molar-refractivity contribution >= 4 is 35.6 Å². The first-order chi connectivity index (χ1) is 13.8. The Hall–Kier alpha value is -3.26. The lowest BCUT2D eigenvalue weighted by molar-refractivity contribution is -0.145. The largest absolute Gasteiger partial charge is 0.481 e. The maximum Gasteiger partial charge on any atom is 0.328 e. The van der Waals surface area contributed by atoms with E-state index in [2.05, 4.69) is 10.6 Å². The zero-order valence-corrected chi connectivity index (χ0v) is 16.2. The number of carboxylic acid groups (broad SMARTS) is 3. The summed E-state index contributed by atoms with van der Waals surface area (Å²) in [6, 6.07) is -4.32. The summed E-state index contributed by atoms with van der Waals surface area (Å²) in [4.78, 5) is 68.3. The molecule has 4 atom stereocenters. The molecule has 0 aliphatic carbocycles. The van der Waals surface area contributed by atoms with E-state index in [0.717, 1.165) is 6.92 Å². The van der Waals surface area contributed by atoms with Gasteiger partial charge in [0.25, 0.3) is 0 Å². The van der Waals surface area contributed by atoms with Crippen molar-refractivity contribution in [3.05, 3.63) is 0 Å². The Morgan fingerprint density at radius 3 is 1.87 bits per heavy atom. The van der Waals surface area contributed by atoms with Gasteiger partial charge in [-0.1, -0.05) is 0 Å². The first-order valence-corrected chi connectivity index (χ1v) is 8.82. The van der Waals surface area contributed by atoms with Crippen molar-refractivity contribution in [2.24, 2.45) is 5.73 Å². The molecule has 4 unspecified atom stereocenters. The molecule has 14 nitrogen and oxygen atoms in total. The highest BCUT2D eigenvalue weighted by Crippen LogP contribution is 2.02. The summed E-state index contributed by atoms with van der Waals surface area (Å²) in [5.41, 5.74) is 5.48. The van der Waals surface area contributed by atoms with Crippen molar-refractivity contribution in [3.8, 4) is 0 Å². The van der Waals surface area contributed by atoms with E-state index in [1.165, 1.54) is 0 Å². The van der Waals surface area contributed by atoms with Crippen LogP contribution in [-0.2, 0) is 28.8 Å². The van der Waals surface area contributed by atoms with Crippen LogP contribution in [0.15, 0.2) is 0 Å². The number of nitrogens with two attached hydrogens (primary N) is 1. The second kappa shape index (κ2) is 13.1. The molecule has 0 radical (unpaired) electrons. The van der Waals surface area contributed by atoms with Crippen molar-refractivity contribution < 1.29 is 49.2 Å². The third-order valence-electron chi connectivity index (χ3n) is 3.77. The van der Waals surface area contributed by atoms with E-state index in [9.17, 15) is 33.9 Å². The molecule has 14 heteroatoms. The fourth-order valence-corrected chi connectivity index (χ4v) is 2.13. The van der Waals surface area contributed by atoms with E-state index < -0.39 is 72.8 Å². The van der Waals surface area contributed by atoms with Crippen molar-refractivity contribution in [1.82, 2.24) is 16.0 Å². The third-order valence-corrected chi connectivity index (χ3v) is 3.77. The Labute approximate surface area is 170 Å². The van der Waals surface area contributed by atoms with Gasteiger partial charge in [0.2, 0.25) is 17.7 Å². The molecule has 0 aliphatic rings. The number of aliphatic hydroxyl groups excluding tert-OH is 1. The summed E-state index contributed by atoms with van der Waals surface area (Å²) in [6.45, 7) is 0.474. The number of nitrogens with one attached hydrogen (secondary N) is 3. The zero-order valence-electron chi connectivity index (χ0n) is 16.2. The molecule has 30 heavy (non-hydrogen) atoms. The van der Waals surface area contributed by atoms with Crippen molar-refractivity contribution in [1.29, 1.82) is 0 Å². The van der Waals surface area contributed by atoms with Gasteiger partial charge in [-0.3, -0.25) is 24.0 Å². The summed E-state index contributed by atoms with van der Waals surface area (Å²) < 4.78 is 0. The number of aliphatic hydroxyl groups is 1. The van der Waals surface area contributed by atoms with Crippen LogP contribution in [0.5, 0.6) is 0 Å². The second-order valence-electron chi connectivity index (χ2n) is 6.37. The minimum absolute atomic E-state index is 0.164. The molecule has 0 aromatic heterocycles. The van der Waals surface area contributed by atoms with Gasteiger partial charge < -0.3 is 42.1 Å². The standard InChI is InChI=1S/C16H26N4O10/c1-7(21)13(16(29)30)20-15(28)9(3-5-12(25)26)19-10(22)6-18-14(27)8(17)2-4-11(23)24/h7-9,13,21H,2-6,17H2,1H3,(H,18,27)(H,19,22)(H,20,28)(H,23,24)(H,25,26)(H,29,30). The highest BCUT2D eigenvalue weighted by Gasteiger charge is 2.29. The molecule has 0 bridgehead atoms. The smallest absolute Gasteiger partial charge is 0.328 e. The number of carbonyl (C=O) groups excluding carboxylic acids is 3. The maximum absolute atomic E-state index is 12.2. The Bertz CT molecular complexity index is 666. The lowest BCUT2D eigenvalue weighted by Crippen LogP contribution is -2.56. The average Bonchev–Trinajstić information content (AvgIpc) is 2.64. The van der Waals surface area contributed by atoms with Gasteiger partial charge in [0.15, 0.2) is 6.04 Å². The summed E-state index contributed by atoms with van der Waals surface area (Å²) >= 11 is 0. The van der Waals surface area contributed by atoms with Crippen LogP contribution in [-0.4, -0.2) is 86.8 Å². The fourth-order valence-electron chi connectivity index (χ4n) is 2.13. The third kappa shape index (κ3) is 10.9. The number of rotatable bonds is 14. The van der Waals surface area contributed by atoms with E-state index >= 15 is 0 Å². The van der Waals surface area contributed by atoms with Crippen LogP contribution in [0.25, 0.3) is 0 Å². The number of carboxylic acids is 3. The lowest BCUT2D eigenvalue weighted by atomic mass is 10.1. The minimum atomic E-state index is -1.69. The Morgan fingerprint density at radius 1 is 0.867 bits per heavy atom. The molecular weight excluding hydrogens is 408 g/mol. The molecule has 0 rings (SSSR count). The second-order valence-corrected chi connectivity index (χ2v) is 6.37. The Kier molecular flexibility index (Phi) is 11.6. The van der Waals surface area contributed by atoms with Crippen LogP contribution in [0.2, 0.25) is 0 Å². The molecule has 170 valence electrons. The van der Waals surface area contributed by atoms with Gasteiger partial charge in [-0.25, -0.2) is 4.79 Å². The van der Waals surface area contributed by atoms with Gasteiger partial charge in [-0.05, 0) is 19.8 Å². The normalized spacial score (nSPS) is 14.5. The molecular formula is C16H26N4O10. The van der Waals surface area contributed by atoms with Crippen LogP contribution < -0.4 is 21.7 Å². The van der Waals surface area contributed by atoms with Gasteiger partial charge in [0.05, 0.1) is 18.7 Å². The van der Waals surface area contributed by atoms with Crippen molar-refractivity contribution in [3.63, 3.8) is 0 Å². The van der Waals surface area contributed by atoms with Crippen molar-refractivity contribution in [2.75, 3.05) is 6.54 Å². The predicted molar refractivity (Wildman–Crippen MR) is 97.9 cm³/mol. The molecule has 0 heterocycles. The number of aliphatic carboxylic acids is 3. The van der Waals surface area contributed by atoms with Crippen LogP contribution in [0.4, 0.5) is 0 Å². The zero-order chi connectivity index (χ0) is 23.4. The molecule has 0 saturated carbocycles. The average molecular weight is 434 g/mol. The minimum Gasteiger partial charge on any atom is -0.481 e. The molecule has 0 aromatic rings. The highest BCUT2D eigenvalue weighted by atomic mass is 16.4. The summed E-state index contributed by atoms with van der Waals surface area (Å²) in [5.74, 6) is -6.71. The maximum atomic E-state index is 12.2. The number of hydrogen-bond donors (Lipinski definition) is 8. The number of amides is 3. The van der Waals surface area contributed by atoms with Crippen LogP contribution >= 0.6 is 0 Å². The Morgan fingerprint density at radius 2 is 1.40 bits per heavy atom. The first-order valence-electron chi connectivity index (χ1n) is 8.82. The van der Waals surface area contributed by atoms with Gasteiger partial charge in [0, 0.05) is 12.8 Å². The highest BCUT2D eigenvalue weighted by molar-refractivity contribution is 5.92. The van der Waals surface area contributed by atoms with E-state index in [4.69, 9.17) is 21.1 Å². The quantitative estimate of drug-likeness (QED) is 0.134. The van der Waals surface area contributed by atoms with E-state index in [-0.39, 0.29) is 19.3 Å². The molecule has 0 saturated heterocycles. The summed E-state index contributed by atoms with van der Waals surface area (Å²) in [5, 5.41) is 42.0. The molecule has 9 N–H and O–H groups in total. The summed E-state index contributed by atoms with van der Waals surface area (Å²) in [6.07, 6.45) is -2.90. The van der Waals surface area contributed by atoms with Gasteiger partial charge in [-0.15, -0.1) is 0 Å². The van der Waals surface area contributed by atoms with Gasteiger partial charge in [0.1, 0.15) is 6.04 Å². The number of carbonyl (C=O) groups is 6. The predicted octanol–water partition coefficient (Wildman–Crippen LogP) is -3.41. The van der Waals surface area contributed by atoms with E-state index in [0.29, 0.717) is 0 Å². The first kappa shape index (κ1) is 26.7. The fraction of sp³-hybridized carbons (Fsp3) is 0.625. The van der Waals surface area contributed by atoms with Crippen LogP contribution in [0.1, 0.15) is 32.6 Å². The van der Waals surface area contributed by atoms with Crippen LogP contribution in [0, 0.1) is 0 Å². The SMILES string of the molecule is CC(O)C(NC(=O)C(CCC(=O)O)NC(=O)CNC(=O)C(N)CCC(=O)O)C(=O)O. The molecule has 0 spiro atoms. The number of hydrogen-bond acceptors (Lipinski definition) is 8. The summed E-state index contributed by atoms with van der Waals surface area (Å²) in [7, 11) is 0.